The van der Waals surface area contributed by atoms with Gasteiger partial charge in [-0.3, -0.25) is 14.6 Å². The van der Waals surface area contributed by atoms with Gasteiger partial charge in [-0.2, -0.15) is 0 Å². The average molecular weight is 511 g/mol. The Morgan fingerprint density at radius 3 is 2.32 bits per heavy atom. The van der Waals surface area contributed by atoms with Crippen LogP contribution in [-0.4, -0.2) is 30.1 Å². The highest BCUT2D eigenvalue weighted by atomic mass is 16.5. The number of carbonyl (C=O) groups is 2. The highest BCUT2D eigenvalue weighted by molar-refractivity contribution is 6.17. The van der Waals surface area contributed by atoms with Gasteiger partial charge in [0.25, 0.3) is 5.91 Å². The van der Waals surface area contributed by atoms with Crippen molar-refractivity contribution in [1.29, 1.82) is 0 Å². The number of methoxy groups -OCH3 is 1. The lowest BCUT2D eigenvalue weighted by atomic mass is 9.85. The molecular weight excluding hydrogens is 472 g/mol. The van der Waals surface area contributed by atoms with E-state index in [4.69, 9.17) is 9.73 Å². The lowest BCUT2D eigenvalue weighted by molar-refractivity contribution is 0.0998. The van der Waals surface area contributed by atoms with Crippen LogP contribution in [0.4, 0.5) is 5.69 Å². The van der Waals surface area contributed by atoms with Crippen LogP contribution in [0.1, 0.15) is 90.3 Å². The van der Waals surface area contributed by atoms with Crippen molar-refractivity contribution in [3.05, 3.63) is 94.5 Å². The summed E-state index contributed by atoms with van der Waals surface area (Å²) in [5.41, 5.74) is 5.79. The molecule has 0 bridgehead atoms. The molecule has 1 aliphatic rings. The fraction of sp³-hybridized carbons (Fsp3) is 0.364. The largest absolute Gasteiger partial charge is 0.497 e. The Hall–Kier alpha value is -3.73. The van der Waals surface area contributed by atoms with Crippen molar-refractivity contribution >= 4 is 23.1 Å². The maximum Gasteiger partial charge on any atom is 0.255 e. The number of hydrogen-bond donors (Lipinski definition) is 1. The summed E-state index contributed by atoms with van der Waals surface area (Å²) in [6.07, 6.45) is 6.98. The van der Waals surface area contributed by atoms with E-state index in [-0.39, 0.29) is 23.7 Å². The first-order valence-corrected chi connectivity index (χ1v) is 13.6. The number of aryl methyl sites for hydroxylation is 1. The summed E-state index contributed by atoms with van der Waals surface area (Å²) in [7, 11) is 1.64. The van der Waals surface area contributed by atoms with Crippen LogP contribution in [-0.2, 0) is 12.8 Å². The van der Waals surface area contributed by atoms with E-state index in [2.05, 4.69) is 32.2 Å². The van der Waals surface area contributed by atoms with Crippen LogP contribution < -0.4 is 10.1 Å². The molecule has 3 aromatic carbocycles. The van der Waals surface area contributed by atoms with Gasteiger partial charge < -0.3 is 10.1 Å². The molecule has 0 aliphatic carbocycles. The summed E-state index contributed by atoms with van der Waals surface area (Å²) in [6.45, 7) is 6.38. The zero-order valence-corrected chi connectivity index (χ0v) is 23.0. The van der Waals surface area contributed by atoms with Crippen molar-refractivity contribution < 1.29 is 14.3 Å². The molecule has 1 heterocycles. The first-order valence-electron chi connectivity index (χ1n) is 13.6. The van der Waals surface area contributed by atoms with Gasteiger partial charge in [-0.05, 0) is 92.8 Å². The summed E-state index contributed by atoms with van der Waals surface area (Å²) in [5, 5.41) is 2.93. The highest BCUT2D eigenvalue weighted by Crippen LogP contribution is 2.31. The van der Waals surface area contributed by atoms with E-state index < -0.39 is 0 Å². The molecule has 5 nitrogen and oxygen atoms in total. The van der Waals surface area contributed by atoms with E-state index in [1.165, 1.54) is 36.8 Å². The van der Waals surface area contributed by atoms with Crippen molar-refractivity contribution in [3.63, 3.8) is 0 Å². The second-order valence-electron chi connectivity index (χ2n) is 10.7. The standard InChI is InChI=1S/C33H38N2O3/c1-5-6-7-8-9-23-10-12-25(13-11-23)32(37)34-27-17-14-24(15-18-27)31(36)21-30-29-20-28(38-4)19-16-26(29)22-33(2,3)35-30/h10-20H,5-9,21-22H2,1-4H3,(H,34,37). The highest BCUT2D eigenvalue weighted by Gasteiger charge is 2.28. The Morgan fingerprint density at radius 1 is 0.921 bits per heavy atom. The molecule has 0 saturated carbocycles. The SMILES string of the molecule is CCCCCCc1ccc(C(=O)Nc2ccc(C(=O)CC3=NC(C)(C)Cc4ccc(OC)cc43)cc2)cc1. The van der Waals surface area contributed by atoms with E-state index in [0.29, 0.717) is 16.8 Å². The summed E-state index contributed by atoms with van der Waals surface area (Å²) < 4.78 is 5.40. The summed E-state index contributed by atoms with van der Waals surface area (Å²) in [6, 6.07) is 20.9. The summed E-state index contributed by atoms with van der Waals surface area (Å²) >= 11 is 0. The molecule has 0 aromatic heterocycles. The number of rotatable bonds is 11. The number of carbonyl (C=O) groups excluding carboxylic acids is 2. The first-order chi connectivity index (χ1) is 18.3. The van der Waals surface area contributed by atoms with Crippen LogP contribution in [0.5, 0.6) is 5.75 Å². The second kappa shape index (κ2) is 12.2. The minimum Gasteiger partial charge on any atom is -0.497 e. The van der Waals surface area contributed by atoms with E-state index >= 15 is 0 Å². The Labute approximate surface area is 226 Å². The Morgan fingerprint density at radius 2 is 1.63 bits per heavy atom. The predicted octanol–water partition coefficient (Wildman–Crippen LogP) is 7.47. The number of Topliss-reactive ketones (excluding diaryl/α,β-unsaturated/α-hetero) is 1. The Balaban J connectivity index is 1.38. The number of aliphatic imine (C=N–C) groups is 1. The molecule has 38 heavy (non-hydrogen) atoms. The normalized spacial score (nSPS) is 13.8. The van der Waals surface area contributed by atoms with Gasteiger partial charge in [0.05, 0.1) is 24.8 Å². The summed E-state index contributed by atoms with van der Waals surface area (Å²) in [4.78, 5) is 30.8. The molecule has 0 saturated heterocycles. The fourth-order valence-electron chi connectivity index (χ4n) is 4.95. The predicted molar refractivity (Wildman–Crippen MR) is 155 cm³/mol. The molecule has 0 unspecified atom stereocenters. The molecule has 1 N–H and O–H groups in total. The number of ketones is 1. The zero-order valence-electron chi connectivity index (χ0n) is 23.0. The van der Waals surface area contributed by atoms with Crippen molar-refractivity contribution in [2.24, 2.45) is 4.99 Å². The van der Waals surface area contributed by atoms with Gasteiger partial charge in [0.1, 0.15) is 5.75 Å². The molecule has 0 atom stereocenters. The van der Waals surface area contributed by atoms with Gasteiger partial charge in [-0.1, -0.05) is 44.4 Å². The third kappa shape index (κ3) is 6.97. The molecular formula is C33H38N2O3. The van der Waals surface area contributed by atoms with Gasteiger partial charge in [-0.25, -0.2) is 0 Å². The van der Waals surface area contributed by atoms with Crippen LogP contribution in [0.15, 0.2) is 71.7 Å². The van der Waals surface area contributed by atoms with E-state index in [1.54, 1.807) is 31.4 Å². The van der Waals surface area contributed by atoms with Crippen molar-refractivity contribution in [1.82, 2.24) is 0 Å². The molecule has 5 heteroatoms. The van der Waals surface area contributed by atoms with Crippen molar-refractivity contribution in [2.75, 3.05) is 12.4 Å². The van der Waals surface area contributed by atoms with Gasteiger partial charge in [0.15, 0.2) is 5.78 Å². The van der Waals surface area contributed by atoms with Crippen molar-refractivity contribution in [3.8, 4) is 5.75 Å². The fourth-order valence-corrected chi connectivity index (χ4v) is 4.95. The minimum absolute atomic E-state index is 0.0115. The molecule has 0 fully saturated rings. The number of fused-ring (bicyclic) bond motifs is 1. The number of nitrogens with zero attached hydrogens (tertiary/aromatic N) is 1. The maximum atomic E-state index is 13.2. The lowest BCUT2D eigenvalue weighted by Crippen LogP contribution is -2.30. The lowest BCUT2D eigenvalue weighted by Gasteiger charge is -2.29. The molecule has 4 rings (SSSR count). The van der Waals surface area contributed by atoms with E-state index in [1.807, 2.05) is 36.4 Å². The number of nitrogens with one attached hydrogen (secondary N) is 1. The Bertz CT molecular complexity index is 1310. The van der Waals surface area contributed by atoms with Crippen LogP contribution in [0.3, 0.4) is 0 Å². The quantitative estimate of drug-likeness (QED) is 0.215. The molecule has 0 radical (unpaired) electrons. The topological polar surface area (TPSA) is 67.8 Å². The second-order valence-corrected chi connectivity index (χ2v) is 10.7. The minimum atomic E-state index is -0.265. The molecule has 0 spiro atoms. The van der Waals surface area contributed by atoms with Crippen molar-refractivity contribution in [2.45, 2.75) is 71.3 Å². The van der Waals surface area contributed by atoms with Gasteiger partial charge >= 0.3 is 0 Å². The molecule has 1 amide bonds. The van der Waals surface area contributed by atoms with Crippen LogP contribution in [0, 0.1) is 0 Å². The number of anilines is 1. The smallest absolute Gasteiger partial charge is 0.255 e. The summed E-state index contributed by atoms with van der Waals surface area (Å²) in [5.74, 6) is 0.582. The van der Waals surface area contributed by atoms with Crippen LogP contribution >= 0.6 is 0 Å². The van der Waals surface area contributed by atoms with Crippen LogP contribution in [0.25, 0.3) is 0 Å². The number of ether oxygens (including phenoxy) is 1. The number of benzene rings is 3. The zero-order chi connectivity index (χ0) is 27.1. The van der Waals surface area contributed by atoms with E-state index in [0.717, 1.165) is 29.9 Å². The number of unbranched alkanes of at least 4 members (excludes halogenated alkanes) is 3. The third-order valence-corrected chi connectivity index (χ3v) is 7.02. The first kappa shape index (κ1) is 27.3. The van der Waals surface area contributed by atoms with Gasteiger partial charge in [0.2, 0.25) is 0 Å². The van der Waals surface area contributed by atoms with Gasteiger partial charge in [0, 0.05) is 22.4 Å². The molecule has 1 aliphatic heterocycles. The maximum absolute atomic E-state index is 13.2. The molecule has 198 valence electrons. The monoisotopic (exact) mass is 510 g/mol. The van der Waals surface area contributed by atoms with Crippen LogP contribution in [0.2, 0.25) is 0 Å². The third-order valence-electron chi connectivity index (χ3n) is 7.02. The van der Waals surface area contributed by atoms with E-state index in [9.17, 15) is 9.59 Å². The number of hydrogen-bond acceptors (Lipinski definition) is 4. The average Bonchev–Trinajstić information content (AvgIpc) is 2.91. The van der Waals surface area contributed by atoms with Gasteiger partial charge in [-0.15, -0.1) is 0 Å². The Kier molecular flexibility index (Phi) is 8.77. The molecule has 3 aromatic rings. The number of amides is 1.